The molecule has 0 bridgehead atoms. The molecular formula is C16H24N2O2. The third-order valence-electron chi connectivity index (χ3n) is 3.70. The van der Waals surface area contributed by atoms with Crippen molar-refractivity contribution >= 4 is 5.91 Å². The normalized spacial score (nSPS) is 16.6. The summed E-state index contributed by atoms with van der Waals surface area (Å²) in [5, 5.41) is 6.20. The van der Waals surface area contributed by atoms with E-state index in [1.54, 1.807) is 0 Å². The standard InChI is InChI=1S/C16H24N2O2/c1-11(2)20-15-6-4-13(5-7-15)8-18-16(19)12(3)14-9-17-10-14/h4-7,11-12,14,17H,8-10H2,1-3H3,(H,18,19). The predicted octanol–water partition coefficient (Wildman–Crippen LogP) is 1.95. The van der Waals surface area contributed by atoms with Gasteiger partial charge >= 0.3 is 0 Å². The first-order valence-corrected chi connectivity index (χ1v) is 7.30. The van der Waals surface area contributed by atoms with Gasteiger partial charge in [-0.3, -0.25) is 4.79 Å². The Hall–Kier alpha value is -1.55. The molecule has 4 heteroatoms. The first-order valence-electron chi connectivity index (χ1n) is 7.30. The summed E-state index contributed by atoms with van der Waals surface area (Å²) >= 11 is 0. The van der Waals surface area contributed by atoms with Gasteiger partial charge in [0, 0.05) is 12.5 Å². The highest BCUT2D eigenvalue weighted by Crippen LogP contribution is 2.17. The van der Waals surface area contributed by atoms with E-state index < -0.39 is 0 Å². The van der Waals surface area contributed by atoms with E-state index in [9.17, 15) is 4.79 Å². The molecule has 2 rings (SSSR count). The zero-order valence-electron chi connectivity index (χ0n) is 12.5. The number of amides is 1. The molecule has 1 aromatic carbocycles. The summed E-state index contributed by atoms with van der Waals surface area (Å²) in [6.07, 6.45) is 0.178. The van der Waals surface area contributed by atoms with Crippen molar-refractivity contribution in [3.63, 3.8) is 0 Å². The Morgan fingerprint density at radius 1 is 1.30 bits per heavy atom. The largest absolute Gasteiger partial charge is 0.491 e. The van der Waals surface area contributed by atoms with Crippen LogP contribution in [0.5, 0.6) is 5.75 Å². The summed E-state index contributed by atoms with van der Waals surface area (Å²) in [6.45, 7) is 8.49. The molecule has 1 fully saturated rings. The molecule has 0 spiro atoms. The lowest BCUT2D eigenvalue weighted by Crippen LogP contribution is -2.49. The van der Waals surface area contributed by atoms with E-state index in [1.165, 1.54) is 0 Å². The number of carbonyl (C=O) groups is 1. The second-order valence-electron chi connectivity index (χ2n) is 5.74. The van der Waals surface area contributed by atoms with Crippen LogP contribution in [0.2, 0.25) is 0 Å². The minimum absolute atomic E-state index is 0.0831. The van der Waals surface area contributed by atoms with Crippen molar-refractivity contribution in [3.05, 3.63) is 29.8 Å². The summed E-state index contributed by atoms with van der Waals surface area (Å²) in [5.41, 5.74) is 1.09. The van der Waals surface area contributed by atoms with Crippen LogP contribution < -0.4 is 15.4 Å². The Morgan fingerprint density at radius 2 is 1.95 bits per heavy atom. The third-order valence-corrected chi connectivity index (χ3v) is 3.70. The smallest absolute Gasteiger partial charge is 0.223 e. The Kier molecular flexibility index (Phi) is 5.01. The second kappa shape index (κ2) is 6.75. The summed E-state index contributed by atoms with van der Waals surface area (Å²) in [5.74, 6) is 1.57. The van der Waals surface area contributed by atoms with Crippen LogP contribution in [0.3, 0.4) is 0 Å². The molecule has 1 aliphatic heterocycles. The average molecular weight is 276 g/mol. The summed E-state index contributed by atoms with van der Waals surface area (Å²) in [7, 11) is 0. The van der Waals surface area contributed by atoms with E-state index >= 15 is 0 Å². The van der Waals surface area contributed by atoms with Crippen molar-refractivity contribution in [1.82, 2.24) is 10.6 Å². The number of benzene rings is 1. The van der Waals surface area contributed by atoms with Gasteiger partial charge in [-0.2, -0.15) is 0 Å². The van der Waals surface area contributed by atoms with Gasteiger partial charge in [-0.05, 0) is 50.6 Å². The molecule has 1 aromatic rings. The topological polar surface area (TPSA) is 50.4 Å². The number of ether oxygens (including phenoxy) is 1. The molecule has 0 saturated carbocycles. The van der Waals surface area contributed by atoms with E-state index in [0.717, 1.165) is 24.4 Å². The van der Waals surface area contributed by atoms with Crippen LogP contribution in [0.25, 0.3) is 0 Å². The van der Waals surface area contributed by atoms with E-state index in [2.05, 4.69) is 10.6 Å². The maximum atomic E-state index is 12.0. The van der Waals surface area contributed by atoms with Crippen molar-refractivity contribution in [2.45, 2.75) is 33.4 Å². The van der Waals surface area contributed by atoms with Gasteiger partial charge in [0.15, 0.2) is 0 Å². The highest BCUT2D eigenvalue weighted by molar-refractivity contribution is 5.78. The zero-order chi connectivity index (χ0) is 14.5. The highest BCUT2D eigenvalue weighted by Gasteiger charge is 2.28. The van der Waals surface area contributed by atoms with Crippen molar-refractivity contribution < 1.29 is 9.53 Å². The number of carbonyl (C=O) groups excluding carboxylic acids is 1. The van der Waals surface area contributed by atoms with Crippen LogP contribution in [-0.2, 0) is 11.3 Å². The molecule has 0 radical (unpaired) electrons. The van der Waals surface area contributed by atoms with E-state index in [1.807, 2.05) is 45.0 Å². The zero-order valence-corrected chi connectivity index (χ0v) is 12.5. The van der Waals surface area contributed by atoms with Crippen LogP contribution in [0, 0.1) is 11.8 Å². The molecule has 4 nitrogen and oxygen atoms in total. The fourth-order valence-corrected chi connectivity index (χ4v) is 2.19. The average Bonchev–Trinajstić information content (AvgIpc) is 2.34. The lowest BCUT2D eigenvalue weighted by molar-refractivity contribution is -0.126. The first kappa shape index (κ1) is 14.9. The second-order valence-corrected chi connectivity index (χ2v) is 5.74. The number of hydrogen-bond acceptors (Lipinski definition) is 3. The Morgan fingerprint density at radius 3 is 2.45 bits per heavy atom. The van der Waals surface area contributed by atoms with Crippen LogP contribution in [0.4, 0.5) is 0 Å². The van der Waals surface area contributed by atoms with Gasteiger partial charge in [0.05, 0.1) is 6.10 Å². The fourth-order valence-electron chi connectivity index (χ4n) is 2.19. The monoisotopic (exact) mass is 276 g/mol. The molecule has 1 heterocycles. The molecular weight excluding hydrogens is 252 g/mol. The van der Waals surface area contributed by atoms with Crippen molar-refractivity contribution in [1.29, 1.82) is 0 Å². The highest BCUT2D eigenvalue weighted by atomic mass is 16.5. The molecule has 20 heavy (non-hydrogen) atoms. The van der Waals surface area contributed by atoms with Crippen molar-refractivity contribution in [2.75, 3.05) is 13.1 Å². The fraction of sp³-hybridized carbons (Fsp3) is 0.562. The predicted molar refractivity (Wildman–Crippen MR) is 79.6 cm³/mol. The Balaban J connectivity index is 1.79. The van der Waals surface area contributed by atoms with Crippen LogP contribution in [0.1, 0.15) is 26.3 Å². The number of rotatable bonds is 6. The van der Waals surface area contributed by atoms with Gasteiger partial charge in [0.1, 0.15) is 5.75 Å². The molecule has 1 amide bonds. The van der Waals surface area contributed by atoms with Gasteiger partial charge in [-0.25, -0.2) is 0 Å². The van der Waals surface area contributed by atoms with Gasteiger partial charge in [-0.15, -0.1) is 0 Å². The Bertz CT molecular complexity index is 438. The minimum Gasteiger partial charge on any atom is -0.491 e. The minimum atomic E-state index is 0.0831. The lowest BCUT2D eigenvalue weighted by atomic mass is 9.88. The van der Waals surface area contributed by atoms with Crippen molar-refractivity contribution in [3.8, 4) is 5.75 Å². The van der Waals surface area contributed by atoms with Crippen LogP contribution in [0.15, 0.2) is 24.3 Å². The SMILES string of the molecule is CC(C)Oc1ccc(CNC(=O)C(C)C2CNC2)cc1. The van der Waals surface area contributed by atoms with Gasteiger partial charge < -0.3 is 15.4 Å². The lowest BCUT2D eigenvalue weighted by Gasteiger charge is -2.31. The van der Waals surface area contributed by atoms with Crippen molar-refractivity contribution in [2.24, 2.45) is 11.8 Å². The summed E-state index contributed by atoms with van der Waals surface area (Å²) in [4.78, 5) is 12.0. The summed E-state index contributed by atoms with van der Waals surface area (Å²) < 4.78 is 5.59. The molecule has 0 aliphatic carbocycles. The molecule has 1 saturated heterocycles. The maximum Gasteiger partial charge on any atom is 0.223 e. The number of nitrogens with one attached hydrogen (secondary N) is 2. The van der Waals surface area contributed by atoms with E-state index in [4.69, 9.17) is 4.74 Å². The van der Waals surface area contributed by atoms with Gasteiger partial charge in [-0.1, -0.05) is 19.1 Å². The third kappa shape index (κ3) is 3.97. The van der Waals surface area contributed by atoms with E-state index in [-0.39, 0.29) is 17.9 Å². The quantitative estimate of drug-likeness (QED) is 0.835. The maximum absolute atomic E-state index is 12.0. The van der Waals surface area contributed by atoms with Crippen LogP contribution in [-0.4, -0.2) is 25.1 Å². The summed E-state index contributed by atoms with van der Waals surface area (Å²) in [6, 6.07) is 7.88. The Labute approximate surface area is 120 Å². The molecule has 1 aliphatic rings. The molecule has 110 valence electrons. The van der Waals surface area contributed by atoms with Crippen LogP contribution >= 0.6 is 0 Å². The number of hydrogen-bond donors (Lipinski definition) is 2. The molecule has 2 N–H and O–H groups in total. The molecule has 0 aromatic heterocycles. The molecule has 1 atom stereocenters. The van der Waals surface area contributed by atoms with Gasteiger partial charge in [0.25, 0.3) is 0 Å². The molecule has 1 unspecified atom stereocenters. The van der Waals surface area contributed by atoms with Gasteiger partial charge in [0.2, 0.25) is 5.91 Å². The first-order chi connectivity index (χ1) is 9.56. The van der Waals surface area contributed by atoms with E-state index in [0.29, 0.717) is 12.5 Å².